The van der Waals surface area contributed by atoms with Gasteiger partial charge in [0.25, 0.3) is 5.91 Å². The molecular weight excluding hydrogens is 343 g/mol. The third-order valence-corrected chi connectivity index (χ3v) is 3.95. The molecule has 26 heavy (non-hydrogen) atoms. The van der Waals surface area contributed by atoms with Gasteiger partial charge in [0.15, 0.2) is 5.69 Å². The number of aromatic nitrogens is 2. The number of carbonyl (C=O) groups excluding carboxylic acids is 3. The molecule has 0 aliphatic rings. The monoisotopic (exact) mass is 364 g/mol. The molecule has 1 atom stereocenters. The fourth-order valence-corrected chi connectivity index (χ4v) is 2.45. The number of nitrogens with zero attached hydrogens (tertiary/aromatic N) is 3. The molecule has 4 N–H and O–H groups in total. The molecule has 1 aromatic heterocycles. The summed E-state index contributed by atoms with van der Waals surface area (Å²) in [4.78, 5) is 38.2. The van der Waals surface area contributed by atoms with E-state index in [-0.39, 0.29) is 24.7 Å². The van der Waals surface area contributed by atoms with Crippen LogP contribution in [-0.4, -0.2) is 71.1 Å². The lowest BCUT2D eigenvalue weighted by molar-refractivity contribution is -0.131. The van der Waals surface area contributed by atoms with Gasteiger partial charge in [0.1, 0.15) is 11.9 Å². The van der Waals surface area contributed by atoms with Gasteiger partial charge in [-0.25, -0.2) is 9.18 Å². The van der Waals surface area contributed by atoms with Crippen LogP contribution in [-0.2, 0) is 4.79 Å². The van der Waals surface area contributed by atoms with Crippen LogP contribution in [0.2, 0.25) is 0 Å². The number of rotatable bonds is 6. The Labute approximate surface area is 149 Å². The molecule has 2 rings (SSSR count). The summed E-state index contributed by atoms with van der Waals surface area (Å²) in [5, 5.41) is 9.34. The van der Waals surface area contributed by atoms with Gasteiger partial charge in [0.05, 0.1) is 5.52 Å². The molecule has 0 radical (unpaired) electrons. The van der Waals surface area contributed by atoms with Crippen LogP contribution in [0.25, 0.3) is 10.9 Å². The number of likely N-dealkylation sites (N-methyl/N-ethyl adjacent to an activating group) is 2. The van der Waals surface area contributed by atoms with Gasteiger partial charge in [-0.2, -0.15) is 5.10 Å². The van der Waals surface area contributed by atoms with Crippen molar-refractivity contribution in [3.05, 3.63) is 29.7 Å². The van der Waals surface area contributed by atoms with Gasteiger partial charge >= 0.3 is 6.03 Å². The Kier molecular flexibility index (Phi) is 5.75. The first-order chi connectivity index (χ1) is 12.2. The van der Waals surface area contributed by atoms with E-state index in [9.17, 15) is 18.8 Å². The average Bonchev–Trinajstić information content (AvgIpc) is 3.00. The molecular formula is C16H21FN6O3. The molecule has 1 heterocycles. The lowest BCUT2D eigenvalue weighted by Crippen LogP contribution is -2.48. The number of hydrogen-bond donors (Lipinski definition) is 3. The summed E-state index contributed by atoms with van der Waals surface area (Å²) in [6.45, 7) is 1.99. The zero-order valence-corrected chi connectivity index (χ0v) is 14.7. The van der Waals surface area contributed by atoms with Crippen LogP contribution in [0, 0.1) is 5.82 Å². The number of urea groups is 1. The first-order valence-electron chi connectivity index (χ1n) is 7.90. The standard InChI is InChI=1S/C16H21FN6O3/c1-9(19-16(18)26)14(24)22(2)6-7-23(3)15(25)13-11-8-10(17)4-5-12(11)20-21-13/h4-5,8-9H,6-7H2,1-3H3,(H,20,21)(H3,18,19,26). The maximum absolute atomic E-state index is 13.4. The molecule has 140 valence electrons. The third-order valence-electron chi connectivity index (χ3n) is 3.95. The summed E-state index contributed by atoms with van der Waals surface area (Å²) in [7, 11) is 3.12. The highest BCUT2D eigenvalue weighted by Crippen LogP contribution is 2.18. The number of halogens is 1. The maximum atomic E-state index is 13.4. The highest BCUT2D eigenvalue weighted by molar-refractivity contribution is 6.04. The van der Waals surface area contributed by atoms with Crippen LogP contribution in [0.15, 0.2) is 18.2 Å². The van der Waals surface area contributed by atoms with Gasteiger partial charge in [0.2, 0.25) is 5.91 Å². The summed E-state index contributed by atoms with van der Waals surface area (Å²) >= 11 is 0. The first kappa shape index (κ1) is 19.2. The zero-order chi connectivity index (χ0) is 19.4. The predicted molar refractivity (Wildman–Crippen MR) is 92.8 cm³/mol. The number of nitrogens with one attached hydrogen (secondary N) is 2. The van der Waals surface area contributed by atoms with Crippen molar-refractivity contribution in [1.82, 2.24) is 25.3 Å². The molecule has 1 aromatic carbocycles. The van der Waals surface area contributed by atoms with Crippen LogP contribution in [0.3, 0.4) is 0 Å². The number of primary amides is 1. The van der Waals surface area contributed by atoms with Gasteiger partial charge in [-0.05, 0) is 25.1 Å². The molecule has 0 saturated carbocycles. The summed E-state index contributed by atoms with van der Waals surface area (Å²) in [5.74, 6) is -1.19. The number of carbonyl (C=O) groups is 3. The topological polar surface area (TPSA) is 124 Å². The minimum absolute atomic E-state index is 0.111. The summed E-state index contributed by atoms with van der Waals surface area (Å²) in [6.07, 6.45) is 0. The molecule has 0 fully saturated rings. The van der Waals surface area contributed by atoms with Crippen molar-refractivity contribution >= 4 is 28.7 Å². The third kappa shape index (κ3) is 4.26. The van der Waals surface area contributed by atoms with E-state index in [0.29, 0.717) is 10.9 Å². The predicted octanol–water partition coefficient (Wildman–Crippen LogP) is 0.289. The number of hydrogen-bond acceptors (Lipinski definition) is 4. The van der Waals surface area contributed by atoms with E-state index in [1.807, 2.05) is 0 Å². The van der Waals surface area contributed by atoms with E-state index in [1.54, 1.807) is 14.1 Å². The van der Waals surface area contributed by atoms with Crippen LogP contribution in [0.1, 0.15) is 17.4 Å². The van der Waals surface area contributed by atoms with Crippen LogP contribution in [0.5, 0.6) is 0 Å². The Balaban J connectivity index is 1.99. The van der Waals surface area contributed by atoms with Crippen molar-refractivity contribution in [1.29, 1.82) is 0 Å². The molecule has 1 unspecified atom stereocenters. The summed E-state index contributed by atoms with van der Waals surface area (Å²) in [5.41, 5.74) is 5.66. The molecule has 0 spiro atoms. The second-order valence-corrected chi connectivity index (χ2v) is 5.98. The highest BCUT2D eigenvalue weighted by atomic mass is 19.1. The quantitative estimate of drug-likeness (QED) is 0.681. The number of H-pyrrole nitrogens is 1. The summed E-state index contributed by atoms with van der Waals surface area (Å²) < 4.78 is 13.4. The van der Waals surface area contributed by atoms with E-state index in [4.69, 9.17) is 5.73 Å². The average molecular weight is 364 g/mol. The molecule has 0 saturated heterocycles. The minimum atomic E-state index is -0.788. The second-order valence-electron chi connectivity index (χ2n) is 5.98. The van der Waals surface area contributed by atoms with Gasteiger partial charge in [-0.3, -0.25) is 14.7 Å². The van der Waals surface area contributed by atoms with Crippen molar-refractivity contribution in [2.45, 2.75) is 13.0 Å². The number of benzene rings is 1. The van der Waals surface area contributed by atoms with Crippen molar-refractivity contribution in [2.24, 2.45) is 5.73 Å². The minimum Gasteiger partial charge on any atom is -0.352 e. The number of amides is 4. The van der Waals surface area contributed by atoms with Gasteiger partial charge in [0, 0.05) is 32.6 Å². The fourth-order valence-electron chi connectivity index (χ4n) is 2.45. The maximum Gasteiger partial charge on any atom is 0.312 e. The van der Waals surface area contributed by atoms with E-state index < -0.39 is 23.8 Å². The number of nitrogens with two attached hydrogens (primary N) is 1. The SMILES string of the molecule is CC(NC(N)=O)C(=O)N(C)CCN(C)C(=O)c1n[nH]c2ccc(F)cc12. The van der Waals surface area contributed by atoms with Crippen molar-refractivity contribution in [3.8, 4) is 0 Å². The Hall–Kier alpha value is -3.17. The van der Waals surface area contributed by atoms with Gasteiger partial charge in [-0.15, -0.1) is 0 Å². The van der Waals surface area contributed by atoms with E-state index in [1.165, 1.54) is 34.9 Å². The molecule has 2 aromatic rings. The molecule has 9 nitrogen and oxygen atoms in total. The Bertz CT molecular complexity index is 836. The zero-order valence-electron chi connectivity index (χ0n) is 14.7. The van der Waals surface area contributed by atoms with E-state index in [2.05, 4.69) is 15.5 Å². The second kappa shape index (κ2) is 7.81. The normalized spacial score (nSPS) is 11.8. The van der Waals surface area contributed by atoms with Crippen LogP contribution in [0.4, 0.5) is 9.18 Å². The number of fused-ring (bicyclic) bond motifs is 1. The van der Waals surface area contributed by atoms with Crippen molar-refractivity contribution in [3.63, 3.8) is 0 Å². The van der Waals surface area contributed by atoms with Crippen molar-refractivity contribution < 1.29 is 18.8 Å². The molecule has 10 heteroatoms. The Morgan fingerprint density at radius 3 is 2.58 bits per heavy atom. The molecule has 0 bridgehead atoms. The number of aromatic amines is 1. The van der Waals surface area contributed by atoms with Crippen LogP contribution < -0.4 is 11.1 Å². The lowest BCUT2D eigenvalue weighted by atomic mass is 10.2. The highest BCUT2D eigenvalue weighted by Gasteiger charge is 2.21. The molecule has 4 amide bonds. The Morgan fingerprint density at radius 2 is 1.92 bits per heavy atom. The van der Waals surface area contributed by atoms with Crippen molar-refractivity contribution in [2.75, 3.05) is 27.2 Å². The van der Waals surface area contributed by atoms with Gasteiger partial charge < -0.3 is 20.9 Å². The molecule has 0 aliphatic heterocycles. The van der Waals surface area contributed by atoms with Crippen LogP contribution >= 0.6 is 0 Å². The van der Waals surface area contributed by atoms with Gasteiger partial charge in [-0.1, -0.05) is 0 Å². The van der Waals surface area contributed by atoms with E-state index in [0.717, 1.165) is 0 Å². The lowest BCUT2D eigenvalue weighted by Gasteiger charge is -2.24. The summed E-state index contributed by atoms with van der Waals surface area (Å²) in [6, 6.07) is 2.47. The van der Waals surface area contributed by atoms with E-state index >= 15 is 0 Å². The fraction of sp³-hybridized carbons (Fsp3) is 0.375. The first-order valence-corrected chi connectivity index (χ1v) is 7.90. The Morgan fingerprint density at radius 1 is 1.27 bits per heavy atom. The molecule has 0 aliphatic carbocycles. The smallest absolute Gasteiger partial charge is 0.312 e. The largest absolute Gasteiger partial charge is 0.352 e.